The number of carbonyl (C=O) groups excluding carboxylic acids is 1. The molecule has 0 amide bonds. The Morgan fingerprint density at radius 1 is 1.03 bits per heavy atom. The highest BCUT2D eigenvalue weighted by molar-refractivity contribution is 5.89. The summed E-state index contributed by atoms with van der Waals surface area (Å²) in [7, 11) is 1.35. The Balaban J connectivity index is 1.86. The predicted molar refractivity (Wildman–Crippen MR) is 102 cm³/mol. The van der Waals surface area contributed by atoms with Crippen LogP contribution >= 0.6 is 0 Å². The Labute approximate surface area is 164 Å². The van der Waals surface area contributed by atoms with Crippen LogP contribution in [0.25, 0.3) is 22.2 Å². The Morgan fingerprint density at radius 2 is 1.79 bits per heavy atom. The lowest BCUT2D eigenvalue weighted by Gasteiger charge is -2.13. The van der Waals surface area contributed by atoms with Crippen LogP contribution in [0.3, 0.4) is 0 Å². The second kappa shape index (κ2) is 7.43. The predicted octanol–water partition coefficient (Wildman–Crippen LogP) is 4.99. The Kier molecular flexibility index (Phi) is 4.80. The first kappa shape index (κ1) is 18.7. The zero-order chi connectivity index (χ0) is 20.5. The fourth-order valence-electron chi connectivity index (χ4n) is 3.40. The van der Waals surface area contributed by atoms with E-state index < -0.39 is 23.4 Å². The van der Waals surface area contributed by atoms with Crippen LogP contribution in [0.15, 0.2) is 54.9 Å². The van der Waals surface area contributed by atoms with E-state index in [2.05, 4.69) is 9.97 Å². The second-order valence-electron chi connectivity index (χ2n) is 6.50. The van der Waals surface area contributed by atoms with Gasteiger partial charge >= 0.3 is 0 Å². The number of aromatic nitrogens is 2. The van der Waals surface area contributed by atoms with Crippen LogP contribution in [0.5, 0.6) is 5.75 Å². The van der Waals surface area contributed by atoms with Gasteiger partial charge in [0.15, 0.2) is 11.6 Å². The molecular formula is C22H15F3N2O2. The fourth-order valence-corrected chi connectivity index (χ4v) is 3.40. The molecule has 2 heterocycles. The zero-order valence-corrected chi connectivity index (χ0v) is 15.2. The first-order valence-electron chi connectivity index (χ1n) is 8.73. The number of H-pyrrole nitrogens is 1. The van der Waals surface area contributed by atoms with Crippen LogP contribution in [-0.2, 0) is 4.79 Å². The third kappa shape index (κ3) is 3.35. The van der Waals surface area contributed by atoms with Crippen molar-refractivity contribution in [1.29, 1.82) is 0 Å². The van der Waals surface area contributed by atoms with Crippen molar-refractivity contribution < 1.29 is 22.7 Å². The summed E-state index contributed by atoms with van der Waals surface area (Å²) in [5.41, 5.74) is 1.89. The monoisotopic (exact) mass is 396 g/mol. The minimum absolute atomic E-state index is 0.0308. The number of nitrogens with one attached hydrogen (secondary N) is 1. The molecule has 4 rings (SSSR count). The molecule has 146 valence electrons. The van der Waals surface area contributed by atoms with E-state index in [9.17, 15) is 18.0 Å². The quantitative estimate of drug-likeness (QED) is 0.484. The highest BCUT2D eigenvalue weighted by Crippen LogP contribution is 2.34. The van der Waals surface area contributed by atoms with E-state index >= 15 is 0 Å². The van der Waals surface area contributed by atoms with Gasteiger partial charge in [-0.25, -0.2) is 18.2 Å². The molecule has 1 N–H and O–H groups in total. The number of methoxy groups -OCH3 is 1. The van der Waals surface area contributed by atoms with Crippen LogP contribution in [0, 0.1) is 17.5 Å². The number of nitrogens with zero attached hydrogens (tertiary/aromatic N) is 1. The molecule has 4 nitrogen and oxygen atoms in total. The standard InChI is InChI=1S/C22H15F3N2O2/c1-29-20-4-2-3-16(21(20)25)19(11-28)18-10-27-22-17(18)7-13(9-26-22)12-5-14(23)8-15(24)6-12/h2-11,19H,1H3,(H,26,27). The molecule has 0 aliphatic carbocycles. The second-order valence-corrected chi connectivity index (χ2v) is 6.50. The van der Waals surface area contributed by atoms with Crippen LogP contribution in [0.2, 0.25) is 0 Å². The molecule has 4 aromatic rings. The van der Waals surface area contributed by atoms with Crippen molar-refractivity contribution in [2.24, 2.45) is 0 Å². The SMILES string of the molecule is COc1cccc(C(C=O)c2c[nH]c3ncc(-c4cc(F)cc(F)c4)cc23)c1F. The molecule has 0 aliphatic heterocycles. The third-order valence-electron chi connectivity index (χ3n) is 4.78. The number of carbonyl (C=O) groups is 1. The summed E-state index contributed by atoms with van der Waals surface area (Å²) in [6.07, 6.45) is 3.68. The molecular weight excluding hydrogens is 381 g/mol. The number of ether oxygens (including phenoxy) is 1. The maximum atomic E-state index is 14.7. The van der Waals surface area contributed by atoms with E-state index in [4.69, 9.17) is 4.74 Å². The number of benzene rings is 2. The number of halogens is 3. The molecule has 2 aromatic heterocycles. The van der Waals surface area contributed by atoms with Gasteiger partial charge in [-0.1, -0.05) is 12.1 Å². The Morgan fingerprint density at radius 3 is 2.48 bits per heavy atom. The first-order valence-corrected chi connectivity index (χ1v) is 8.73. The summed E-state index contributed by atoms with van der Waals surface area (Å²) in [6, 6.07) is 9.40. The van der Waals surface area contributed by atoms with Crippen molar-refractivity contribution in [3.05, 3.63) is 83.4 Å². The summed E-state index contributed by atoms with van der Waals surface area (Å²) >= 11 is 0. The summed E-state index contributed by atoms with van der Waals surface area (Å²) in [6.45, 7) is 0. The minimum atomic E-state index is -0.917. The molecule has 7 heteroatoms. The van der Waals surface area contributed by atoms with Crippen molar-refractivity contribution in [2.75, 3.05) is 7.11 Å². The molecule has 0 saturated carbocycles. The van der Waals surface area contributed by atoms with Gasteiger partial charge in [0.05, 0.1) is 13.0 Å². The smallest absolute Gasteiger partial charge is 0.169 e. The molecule has 29 heavy (non-hydrogen) atoms. The van der Waals surface area contributed by atoms with Gasteiger partial charge in [-0.2, -0.15) is 0 Å². The third-order valence-corrected chi connectivity index (χ3v) is 4.78. The van der Waals surface area contributed by atoms with Gasteiger partial charge in [-0.05, 0) is 35.4 Å². The van der Waals surface area contributed by atoms with Crippen LogP contribution in [0.1, 0.15) is 17.0 Å². The Hall–Kier alpha value is -3.61. The lowest BCUT2D eigenvalue weighted by atomic mass is 9.91. The molecule has 1 unspecified atom stereocenters. The first-order chi connectivity index (χ1) is 14.0. The van der Waals surface area contributed by atoms with Gasteiger partial charge in [0.1, 0.15) is 23.6 Å². The number of pyridine rings is 1. The van der Waals surface area contributed by atoms with Crippen molar-refractivity contribution in [3.8, 4) is 16.9 Å². The average molecular weight is 396 g/mol. The molecule has 0 spiro atoms. The summed E-state index contributed by atoms with van der Waals surface area (Å²) in [5, 5.41) is 0.548. The van der Waals surface area contributed by atoms with Crippen molar-refractivity contribution in [3.63, 3.8) is 0 Å². The number of fused-ring (bicyclic) bond motifs is 1. The van der Waals surface area contributed by atoms with E-state index in [0.717, 1.165) is 6.07 Å². The number of rotatable bonds is 5. The van der Waals surface area contributed by atoms with Crippen LogP contribution in [0.4, 0.5) is 13.2 Å². The number of aldehydes is 1. The normalized spacial score (nSPS) is 12.1. The van der Waals surface area contributed by atoms with E-state index in [1.54, 1.807) is 18.3 Å². The van der Waals surface area contributed by atoms with Gasteiger partial charge in [0, 0.05) is 35.0 Å². The van der Waals surface area contributed by atoms with Gasteiger partial charge in [0.2, 0.25) is 0 Å². The van der Waals surface area contributed by atoms with Crippen molar-refractivity contribution >= 4 is 17.3 Å². The maximum absolute atomic E-state index is 14.7. The molecule has 2 aromatic carbocycles. The number of hydrogen-bond donors (Lipinski definition) is 1. The lowest BCUT2D eigenvalue weighted by molar-refractivity contribution is -0.108. The number of hydrogen-bond acceptors (Lipinski definition) is 3. The highest BCUT2D eigenvalue weighted by Gasteiger charge is 2.23. The zero-order valence-electron chi connectivity index (χ0n) is 15.2. The molecule has 0 saturated heterocycles. The lowest BCUT2D eigenvalue weighted by Crippen LogP contribution is -2.06. The molecule has 0 radical (unpaired) electrons. The topological polar surface area (TPSA) is 55.0 Å². The van der Waals surface area contributed by atoms with Gasteiger partial charge < -0.3 is 14.5 Å². The van der Waals surface area contributed by atoms with E-state index in [1.807, 2.05) is 0 Å². The molecule has 0 fully saturated rings. The van der Waals surface area contributed by atoms with E-state index in [1.165, 1.54) is 37.6 Å². The van der Waals surface area contributed by atoms with Gasteiger partial charge in [-0.3, -0.25) is 0 Å². The molecule has 0 bridgehead atoms. The summed E-state index contributed by atoms with van der Waals surface area (Å²) in [5.74, 6) is -2.93. The van der Waals surface area contributed by atoms with Crippen LogP contribution < -0.4 is 4.74 Å². The molecule has 1 atom stereocenters. The largest absolute Gasteiger partial charge is 0.494 e. The summed E-state index contributed by atoms with van der Waals surface area (Å²) < 4.78 is 46.9. The van der Waals surface area contributed by atoms with Gasteiger partial charge in [-0.15, -0.1) is 0 Å². The molecule has 0 aliphatic rings. The van der Waals surface area contributed by atoms with E-state index in [-0.39, 0.29) is 11.3 Å². The number of aromatic amines is 1. The fraction of sp³-hybridized carbons (Fsp3) is 0.0909. The van der Waals surface area contributed by atoms with Crippen molar-refractivity contribution in [2.45, 2.75) is 5.92 Å². The van der Waals surface area contributed by atoms with E-state index in [0.29, 0.717) is 34.0 Å². The Bertz CT molecular complexity index is 1200. The van der Waals surface area contributed by atoms with Gasteiger partial charge in [0.25, 0.3) is 0 Å². The van der Waals surface area contributed by atoms with Crippen LogP contribution in [-0.4, -0.2) is 23.4 Å². The highest BCUT2D eigenvalue weighted by atomic mass is 19.1. The van der Waals surface area contributed by atoms with Crippen molar-refractivity contribution in [1.82, 2.24) is 9.97 Å². The maximum Gasteiger partial charge on any atom is 0.169 e. The average Bonchev–Trinajstić information content (AvgIpc) is 3.12. The minimum Gasteiger partial charge on any atom is -0.494 e. The summed E-state index contributed by atoms with van der Waals surface area (Å²) in [4.78, 5) is 19.1.